The third kappa shape index (κ3) is 5.03. The van der Waals surface area contributed by atoms with Gasteiger partial charge in [-0.1, -0.05) is 33.4 Å². The van der Waals surface area contributed by atoms with Crippen molar-refractivity contribution in [1.82, 2.24) is 4.90 Å². The van der Waals surface area contributed by atoms with E-state index < -0.39 is 0 Å². The second-order valence-corrected chi connectivity index (χ2v) is 5.23. The molecule has 0 N–H and O–H groups in total. The Hall–Kier alpha value is -1.31. The standard InChI is InChI=1S/C15H26N2/c1-9-10-17(12(2)3)13(4)11-14(16-8)15(5,6)7/h9-11H,2H2,1,3-8H3/b10-9-,13-11+,16-14?. The van der Waals surface area contributed by atoms with E-state index in [2.05, 4.69) is 50.2 Å². The summed E-state index contributed by atoms with van der Waals surface area (Å²) < 4.78 is 0. The summed E-state index contributed by atoms with van der Waals surface area (Å²) in [7, 11) is 1.84. The van der Waals surface area contributed by atoms with E-state index in [0.717, 1.165) is 17.1 Å². The quantitative estimate of drug-likeness (QED) is 0.659. The molecule has 0 radical (unpaired) electrons. The van der Waals surface area contributed by atoms with Crippen LogP contribution >= 0.6 is 0 Å². The second-order valence-electron chi connectivity index (χ2n) is 5.23. The van der Waals surface area contributed by atoms with Crippen LogP contribution in [0.3, 0.4) is 0 Å². The molecular formula is C15H26N2. The first-order chi connectivity index (χ1) is 7.73. The van der Waals surface area contributed by atoms with Crippen molar-refractivity contribution in [1.29, 1.82) is 0 Å². The van der Waals surface area contributed by atoms with E-state index in [1.807, 2.05) is 33.2 Å². The highest BCUT2D eigenvalue weighted by Gasteiger charge is 2.17. The lowest BCUT2D eigenvalue weighted by molar-refractivity contribution is 0.569. The van der Waals surface area contributed by atoms with Gasteiger partial charge in [-0.2, -0.15) is 0 Å². The second kappa shape index (κ2) is 6.43. The average molecular weight is 234 g/mol. The minimum atomic E-state index is 0.0622. The van der Waals surface area contributed by atoms with E-state index in [4.69, 9.17) is 0 Å². The maximum absolute atomic E-state index is 4.36. The molecule has 0 bridgehead atoms. The molecule has 0 amide bonds. The largest absolute Gasteiger partial charge is 0.326 e. The van der Waals surface area contributed by atoms with Gasteiger partial charge in [-0.3, -0.25) is 4.99 Å². The van der Waals surface area contributed by atoms with E-state index in [1.54, 1.807) is 0 Å². The van der Waals surface area contributed by atoms with Crippen LogP contribution in [0.5, 0.6) is 0 Å². The summed E-state index contributed by atoms with van der Waals surface area (Å²) in [5.41, 5.74) is 3.28. The van der Waals surface area contributed by atoms with E-state index >= 15 is 0 Å². The van der Waals surface area contributed by atoms with Crippen molar-refractivity contribution in [3.8, 4) is 0 Å². The van der Waals surface area contributed by atoms with Crippen LogP contribution in [0.2, 0.25) is 0 Å². The van der Waals surface area contributed by atoms with Crippen LogP contribution in [0, 0.1) is 5.41 Å². The van der Waals surface area contributed by atoms with Crippen molar-refractivity contribution in [2.24, 2.45) is 10.4 Å². The van der Waals surface area contributed by atoms with Crippen LogP contribution in [0.1, 0.15) is 41.5 Å². The van der Waals surface area contributed by atoms with Crippen molar-refractivity contribution in [3.63, 3.8) is 0 Å². The van der Waals surface area contributed by atoms with Gasteiger partial charge in [-0.15, -0.1) is 0 Å². The topological polar surface area (TPSA) is 15.6 Å². The summed E-state index contributed by atoms with van der Waals surface area (Å²) in [5, 5.41) is 0. The Labute approximate surface area is 106 Å². The van der Waals surface area contributed by atoms with Crippen LogP contribution in [-0.4, -0.2) is 17.7 Å². The van der Waals surface area contributed by atoms with Gasteiger partial charge in [0.25, 0.3) is 0 Å². The average Bonchev–Trinajstić information content (AvgIpc) is 2.19. The SMILES string of the molecule is C=C(C)N(/C=C\C)/C(C)=C/C(=NC)C(C)(C)C. The number of hydrogen-bond acceptors (Lipinski definition) is 2. The van der Waals surface area contributed by atoms with Gasteiger partial charge in [0.05, 0.1) is 0 Å². The zero-order valence-corrected chi connectivity index (χ0v) is 12.3. The summed E-state index contributed by atoms with van der Waals surface area (Å²) >= 11 is 0. The van der Waals surface area contributed by atoms with Crippen LogP contribution in [0.25, 0.3) is 0 Å². The molecule has 0 saturated carbocycles. The van der Waals surface area contributed by atoms with Crippen molar-refractivity contribution < 1.29 is 0 Å². The molecule has 0 fully saturated rings. The highest BCUT2D eigenvalue weighted by atomic mass is 15.1. The van der Waals surface area contributed by atoms with Gasteiger partial charge < -0.3 is 4.90 Å². The van der Waals surface area contributed by atoms with Crippen LogP contribution < -0.4 is 0 Å². The molecule has 0 aliphatic heterocycles. The third-order valence-electron chi connectivity index (χ3n) is 2.44. The van der Waals surface area contributed by atoms with Crippen molar-refractivity contribution in [2.75, 3.05) is 7.05 Å². The lowest BCUT2D eigenvalue weighted by Crippen LogP contribution is -2.21. The molecule has 0 spiro atoms. The maximum Gasteiger partial charge on any atom is 0.0415 e. The highest BCUT2D eigenvalue weighted by Crippen LogP contribution is 2.20. The molecule has 0 atom stereocenters. The predicted octanol–water partition coefficient (Wildman–Crippen LogP) is 4.38. The number of rotatable bonds is 4. The minimum Gasteiger partial charge on any atom is -0.326 e. The maximum atomic E-state index is 4.36. The van der Waals surface area contributed by atoms with E-state index in [1.165, 1.54) is 0 Å². The number of allylic oxidation sites excluding steroid dienone is 4. The number of nitrogens with zero attached hydrogens (tertiary/aromatic N) is 2. The lowest BCUT2D eigenvalue weighted by Gasteiger charge is -2.24. The molecule has 0 saturated heterocycles. The van der Waals surface area contributed by atoms with Gasteiger partial charge in [0.1, 0.15) is 0 Å². The molecule has 0 aliphatic rings. The fraction of sp³-hybridized carbons (Fsp3) is 0.533. The molecule has 17 heavy (non-hydrogen) atoms. The van der Waals surface area contributed by atoms with Gasteiger partial charge in [0.2, 0.25) is 0 Å². The smallest absolute Gasteiger partial charge is 0.0415 e. The predicted molar refractivity (Wildman–Crippen MR) is 78.0 cm³/mol. The molecule has 0 aromatic rings. The Morgan fingerprint density at radius 1 is 1.24 bits per heavy atom. The van der Waals surface area contributed by atoms with Crippen molar-refractivity contribution in [3.05, 3.63) is 36.3 Å². The molecule has 2 nitrogen and oxygen atoms in total. The van der Waals surface area contributed by atoms with Crippen molar-refractivity contribution >= 4 is 5.71 Å². The summed E-state index contributed by atoms with van der Waals surface area (Å²) in [5.74, 6) is 0. The van der Waals surface area contributed by atoms with Gasteiger partial charge >= 0.3 is 0 Å². The first-order valence-electron chi connectivity index (χ1n) is 5.97. The Balaban J connectivity index is 5.25. The van der Waals surface area contributed by atoms with Gasteiger partial charge in [0, 0.05) is 35.8 Å². The van der Waals surface area contributed by atoms with Crippen molar-refractivity contribution in [2.45, 2.75) is 41.5 Å². The van der Waals surface area contributed by atoms with E-state index in [9.17, 15) is 0 Å². The molecule has 2 heteroatoms. The number of aliphatic imine (C=N–C) groups is 1. The Kier molecular flexibility index (Phi) is 5.94. The van der Waals surface area contributed by atoms with Gasteiger partial charge in [0.15, 0.2) is 0 Å². The zero-order valence-electron chi connectivity index (χ0n) is 12.3. The molecule has 0 unspecified atom stereocenters. The van der Waals surface area contributed by atoms with Crippen LogP contribution in [0.15, 0.2) is 41.3 Å². The number of hydrogen-bond donors (Lipinski definition) is 0. The molecule has 96 valence electrons. The monoisotopic (exact) mass is 234 g/mol. The van der Waals surface area contributed by atoms with Crippen LogP contribution in [-0.2, 0) is 0 Å². The summed E-state index contributed by atoms with van der Waals surface area (Å²) in [6, 6.07) is 0. The molecule has 0 aromatic carbocycles. The zero-order chi connectivity index (χ0) is 13.6. The summed E-state index contributed by atoms with van der Waals surface area (Å²) in [6.07, 6.45) is 6.14. The first-order valence-corrected chi connectivity index (χ1v) is 5.97. The molecular weight excluding hydrogens is 208 g/mol. The fourth-order valence-electron chi connectivity index (χ4n) is 1.58. The summed E-state index contributed by atoms with van der Waals surface area (Å²) in [4.78, 5) is 6.43. The Bertz CT molecular complexity index is 352. The molecule has 0 aliphatic carbocycles. The summed E-state index contributed by atoms with van der Waals surface area (Å²) in [6.45, 7) is 16.6. The van der Waals surface area contributed by atoms with Gasteiger partial charge in [-0.05, 0) is 26.8 Å². The molecule has 0 aromatic heterocycles. The first kappa shape index (κ1) is 15.7. The Morgan fingerprint density at radius 2 is 1.76 bits per heavy atom. The minimum absolute atomic E-state index is 0.0622. The van der Waals surface area contributed by atoms with E-state index in [0.29, 0.717) is 0 Å². The highest BCUT2D eigenvalue weighted by molar-refractivity contribution is 5.99. The fourth-order valence-corrected chi connectivity index (χ4v) is 1.58. The van der Waals surface area contributed by atoms with E-state index in [-0.39, 0.29) is 5.41 Å². The molecule has 0 heterocycles. The Morgan fingerprint density at radius 3 is 2.06 bits per heavy atom. The lowest BCUT2D eigenvalue weighted by atomic mass is 9.89. The normalized spacial score (nSPS) is 14.3. The van der Waals surface area contributed by atoms with Crippen LogP contribution in [0.4, 0.5) is 0 Å². The van der Waals surface area contributed by atoms with Gasteiger partial charge in [-0.25, -0.2) is 0 Å². The molecule has 0 rings (SSSR count). The third-order valence-corrected chi connectivity index (χ3v) is 2.44.